The Labute approximate surface area is 246 Å². The normalized spacial score (nSPS) is 11.7. The number of amides is 3. The first kappa shape index (κ1) is 32.7. The highest BCUT2D eigenvalue weighted by molar-refractivity contribution is 7.13. The lowest BCUT2D eigenvalue weighted by atomic mass is 10.0. The van der Waals surface area contributed by atoms with Gasteiger partial charge >= 0.3 is 12.2 Å². The summed E-state index contributed by atoms with van der Waals surface area (Å²) in [5, 5.41) is 6.16. The van der Waals surface area contributed by atoms with Gasteiger partial charge in [0.15, 0.2) is 5.69 Å². The van der Waals surface area contributed by atoms with Gasteiger partial charge in [-0.1, -0.05) is 6.92 Å². The van der Waals surface area contributed by atoms with Gasteiger partial charge in [0.05, 0.1) is 5.56 Å². The number of hydrazine groups is 1. The summed E-state index contributed by atoms with van der Waals surface area (Å²) in [7, 11) is 0. The third kappa shape index (κ3) is 8.36. The molecule has 0 radical (unpaired) electrons. The molecular formula is C27H35F3N8O3S. The molecule has 0 aliphatic rings. The Bertz CT molecular complexity index is 1370. The summed E-state index contributed by atoms with van der Waals surface area (Å²) in [5.74, 6) is 4.92. The first-order valence-corrected chi connectivity index (χ1v) is 14.2. The maximum absolute atomic E-state index is 13.4. The van der Waals surface area contributed by atoms with E-state index < -0.39 is 23.8 Å². The van der Waals surface area contributed by atoms with Crippen molar-refractivity contribution >= 4 is 29.1 Å². The van der Waals surface area contributed by atoms with Crippen molar-refractivity contribution in [1.82, 2.24) is 30.6 Å². The molecule has 0 bridgehead atoms. The number of hydrogen-bond donors (Lipinski definition) is 4. The summed E-state index contributed by atoms with van der Waals surface area (Å²) >= 11 is 0.774. The molecule has 3 aromatic rings. The van der Waals surface area contributed by atoms with E-state index in [9.17, 15) is 22.8 Å². The quantitative estimate of drug-likeness (QED) is 0.129. The van der Waals surface area contributed by atoms with Crippen molar-refractivity contribution < 1.29 is 27.5 Å². The average Bonchev–Trinajstić information content (AvgIpc) is 3.44. The lowest BCUT2D eigenvalue weighted by molar-refractivity contribution is -0.140. The van der Waals surface area contributed by atoms with Gasteiger partial charge in [0.1, 0.15) is 17.4 Å². The van der Waals surface area contributed by atoms with E-state index in [4.69, 9.17) is 10.6 Å². The van der Waals surface area contributed by atoms with E-state index in [1.165, 1.54) is 24.5 Å². The molecule has 3 amide bonds. The summed E-state index contributed by atoms with van der Waals surface area (Å²) < 4.78 is 46.4. The number of halogens is 3. The Morgan fingerprint density at radius 1 is 1.07 bits per heavy atom. The van der Waals surface area contributed by atoms with Crippen LogP contribution in [0.15, 0.2) is 29.9 Å². The number of rotatable bonds is 12. The van der Waals surface area contributed by atoms with Crippen molar-refractivity contribution in [3.63, 3.8) is 0 Å². The lowest BCUT2D eigenvalue weighted by Crippen LogP contribution is -2.39. The fourth-order valence-electron chi connectivity index (χ4n) is 4.17. The number of nitrogens with zero attached hydrogens (tertiary/aromatic N) is 4. The van der Waals surface area contributed by atoms with Gasteiger partial charge in [0.25, 0.3) is 5.91 Å². The van der Waals surface area contributed by atoms with Crippen LogP contribution in [0.1, 0.15) is 57.1 Å². The van der Waals surface area contributed by atoms with Gasteiger partial charge < -0.3 is 10.1 Å². The number of pyridine rings is 2. The summed E-state index contributed by atoms with van der Waals surface area (Å²) in [6.07, 6.45) is -1.30. The molecule has 0 atom stereocenters. The summed E-state index contributed by atoms with van der Waals surface area (Å²) in [6, 6.07) is 2.88. The smallest absolute Gasteiger partial charge is 0.434 e. The second-order valence-electron chi connectivity index (χ2n) is 9.86. The minimum atomic E-state index is -4.66. The van der Waals surface area contributed by atoms with Crippen molar-refractivity contribution in [3.05, 3.63) is 41.2 Å². The highest BCUT2D eigenvalue weighted by atomic mass is 32.1. The standard InChI is InChI=1S/C27H35F3N8O3S/c1-6-7-32-26(40)36-22-11-19(25-35-21(14-42-25)27(28,29)30)20(13-33-22)18-10-17(23(39)37-31)12-34-24(18)41-9-8-38(15(2)3)16(4)5/h10-16H,6-9,31H2,1-5H3,(H,37,39)(H2,32,33,36,40). The number of thiazole rings is 1. The molecule has 0 fully saturated rings. The molecule has 0 spiro atoms. The zero-order chi connectivity index (χ0) is 31.0. The van der Waals surface area contributed by atoms with Crippen LogP contribution in [0.3, 0.4) is 0 Å². The van der Waals surface area contributed by atoms with Gasteiger partial charge in [0, 0.05) is 59.6 Å². The largest absolute Gasteiger partial charge is 0.476 e. The number of carbonyl (C=O) groups excluding carboxylic acids is 2. The topological polar surface area (TPSA) is 147 Å². The number of aromatic nitrogens is 3. The third-order valence-electron chi connectivity index (χ3n) is 6.16. The van der Waals surface area contributed by atoms with E-state index in [0.717, 1.165) is 16.7 Å². The average molecular weight is 609 g/mol. The molecule has 228 valence electrons. The van der Waals surface area contributed by atoms with E-state index in [1.807, 2.05) is 12.3 Å². The zero-order valence-corrected chi connectivity index (χ0v) is 24.8. The highest BCUT2D eigenvalue weighted by Crippen LogP contribution is 2.40. The first-order valence-electron chi connectivity index (χ1n) is 13.3. The number of nitrogens with two attached hydrogens (primary N) is 1. The maximum Gasteiger partial charge on any atom is 0.434 e. The minimum absolute atomic E-state index is 0.0159. The lowest BCUT2D eigenvalue weighted by Gasteiger charge is -2.30. The van der Waals surface area contributed by atoms with Crippen molar-refractivity contribution in [1.29, 1.82) is 0 Å². The number of anilines is 1. The Morgan fingerprint density at radius 2 is 1.79 bits per heavy atom. The third-order valence-corrected chi connectivity index (χ3v) is 7.03. The molecule has 15 heteroatoms. The monoisotopic (exact) mass is 608 g/mol. The number of carbonyl (C=O) groups is 2. The predicted molar refractivity (Wildman–Crippen MR) is 155 cm³/mol. The van der Waals surface area contributed by atoms with Gasteiger partial charge in [0.2, 0.25) is 5.88 Å². The predicted octanol–water partition coefficient (Wildman–Crippen LogP) is 4.92. The van der Waals surface area contributed by atoms with Gasteiger partial charge in [-0.05, 0) is 46.2 Å². The van der Waals surface area contributed by atoms with Crippen LogP contribution < -0.4 is 26.6 Å². The van der Waals surface area contributed by atoms with E-state index in [-0.39, 0.29) is 57.6 Å². The Balaban J connectivity index is 2.12. The van der Waals surface area contributed by atoms with Crippen LogP contribution in [-0.2, 0) is 6.18 Å². The van der Waals surface area contributed by atoms with Crippen LogP contribution in [0.2, 0.25) is 0 Å². The number of ether oxygens (including phenoxy) is 1. The summed E-state index contributed by atoms with van der Waals surface area (Å²) in [6.45, 7) is 11.4. The number of alkyl halides is 3. The minimum Gasteiger partial charge on any atom is -0.476 e. The highest BCUT2D eigenvalue weighted by Gasteiger charge is 2.34. The maximum atomic E-state index is 13.4. The molecule has 11 nitrogen and oxygen atoms in total. The van der Waals surface area contributed by atoms with E-state index >= 15 is 0 Å². The van der Waals surface area contributed by atoms with Crippen LogP contribution in [0.5, 0.6) is 5.88 Å². The Morgan fingerprint density at radius 3 is 2.38 bits per heavy atom. The van der Waals surface area contributed by atoms with Gasteiger partial charge in [-0.3, -0.25) is 20.4 Å². The molecule has 0 aliphatic carbocycles. The van der Waals surface area contributed by atoms with Crippen molar-refractivity contribution in [3.8, 4) is 27.6 Å². The second-order valence-corrected chi connectivity index (χ2v) is 10.7. The van der Waals surface area contributed by atoms with Gasteiger partial charge in [-0.2, -0.15) is 13.2 Å². The molecule has 42 heavy (non-hydrogen) atoms. The first-order chi connectivity index (χ1) is 19.8. The van der Waals surface area contributed by atoms with E-state index in [0.29, 0.717) is 19.5 Å². The second kappa shape index (κ2) is 14.4. The van der Waals surface area contributed by atoms with Crippen LogP contribution in [0.25, 0.3) is 21.7 Å². The molecule has 3 aromatic heterocycles. The molecule has 5 N–H and O–H groups in total. The van der Waals surface area contributed by atoms with Crippen LogP contribution in [0.4, 0.5) is 23.8 Å². The molecule has 0 saturated carbocycles. The van der Waals surface area contributed by atoms with Crippen molar-refractivity contribution in [2.75, 3.05) is 25.0 Å². The summed E-state index contributed by atoms with van der Waals surface area (Å²) in [4.78, 5) is 39.3. The molecule has 3 heterocycles. The fourth-order valence-corrected chi connectivity index (χ4v) is 5.03. The molecule has 0 aliphatic heterocycles. The molecule has 0 unspecified atom stereocenters. The van der Waals surface area contributed by atoms with Crippen LogP contribution >= 0.6 is 11.3 Å². The van der Waals surface area contributed by atoms with E-state index in [2.05, 4.69) is 58.2 Å². The zero-order valence-electron chi connectivity index (χ0n) is 24.0. The SMILES string of the molecule is CCCNC(=O)Nc1cc(-c2nc(C(F)(F)F)cs2)c(-c2cc(C(=O)NN)cnc2OCCN(C(C)C)C(C)C)cn1. The van der Waals surface area contributed by atoms with Crippen LogP contribution in [0, 0.1) is 0 Å². The van der Waals surface area contributed by atoms with Gasteiger partial charge in [-0.15, -0.1) is 11.3 Å². The van der Waals surface area contributed by atoms with Gasteiger partial charge in [-0.25, -0.2) is 25.6 Å². The number of nitrogen functional groups attached to an aromatic ring is 1. The number of hydrogen-bond acceptors (Lipinski definition) is 9. The van der Waals surface area contributed by atoms with E-state index in [1.54, 1.807) is 0 Å². The molecule has 0 aromatic carbocycles. The summed E-state index contributed by atoms with van der Waals surface area (Å²) in [5.41, 5.74) is 1.87. The van der Waals surface area contributed by atoms with Crippen molar-refractivity contribution in [2.45, 2.75) is 59.3 Å². The van der Waals surface area contributed by atoms with Crippen LogP contribution in [-0.4, -0.2) is 63.6 Å². The molecule has 0 saturated heterocycles. The number of nitrogens with one attached hydrogen (secondary N) is 3. The molecule has 3 rings (SSSR count). The number of urea groups is 1. The van der Waals surface area contributed by atoms with Crippen molar-refractivity contribution in [2.24, 2.45) is 5.84 Å². The Kier molecular flexibility index (Phi) is 11.2. The molecular weight excluding hydrogens is 573 g/mol. The Hall–Kier alpha value is -3.82. The fraction of sp³-hybridized carbons (Fsp3) is 0.444.